The van der Waals surface area contributed by atoms with Crippen molar-refractivity contribution in [3.63, 3.8) is 0 Å². The number of benzene rings is 3. The molecule has 5 rings (SSSR count). The van der Waals surface area contributed by atoms with E-state index in [0.717, 1.165) is 55.6 Å². The van der Waals surface area contributed by atoms with Gasteiger partial charge in [0.15, 0.2) is 9.84 Å². The molecule has 2 fully saturated rings. The molecule has 0 bridgehead atoms. The van der Waals surface area contributed by atoms with E-state index in [1.165, 1.54) is 11.8 Å². The summed E-state index contributed by atoms with van der Waals surface area (Å²) >= 11 is 0. The number of rotatable bonds is 10. The number of sulfone groups is 1. The zero-order chi connectivity index (χ0) is 42.1. The lowest BCUT2D eigenvalue weighted by Crippen LogP contribution is -2.55. The minimum Gasteiger partial charge on any atom is -0.496 e. The van der Waals surface area contributed by atoms with E-state index in [1.807, 2.05) is 0 Å². The summed E-state index contributed by atoms with van der Waals surface area (Å²) in [5.41, 5.74) is -7.25. The van der Waals surface area contributed by atoms with Crippen LogP contribution in [0.5, 0.6) is 11.5 Å². The molecule has 0 aromatic heterocycles. The highest BCUT2D eigenvalue weighted by molar-refractivity contribution is 7.92. The molecule has 0 aliphatic carbocycles. The van der Waals surface area contributed by atoms with Crippen LogP contribution < -0.4 is 9.47 Å². The number of hydrogen-bond acceptors (Lipinski definition) is 7. The van der Waals surface area contributed by atoms with Crippen LogP contribution in [0.3, 0.4) is 0 Å². The van der Waals surface area contributed by atoms with Crippen LogP contribution in [-0.2, 0) is 36.4 Å². The van der Waals surface area contributed by atoms with Crippen molar-refractivity contribution in [1.82, 2.24) is 9.80 Å². The van der Waals surface area contributed by atoms with Gasteiger partial charge in [0.25, 0.3) is 5.60 Å². The lowest BCUT2D eigenvalue weighted by Gasteiger charge is -2.41. The zero-order valence-electron chi connectivity index (χ0n) is 30.2. The second-order valence-electron chi connectivity index (χ2n) is 13.6. The van der Waals surface area contributed by atoms with Gasteiger partial charge in [-0.2, -0.15) is 26.3 Å². The maximum atomic E-state index is 14.8. The minimum absolute atomic E-state index is 0.0461. The van der Waals surface area contributed by atoms with Gasteiger partial charge in [0.1, 0.15) is 17.3 Å². The van der Waals surface area contributed by atoms with E-state index in [-0.39, 0.29) is 41.8 Å². The third-order valence-electron chi connectivity index (χ3n) is 10.2. The van der Waals surface area contributed by atoms with E-state index in [0.29, 0.717) is 44.1 Å². The van der Waals surface area contributed by atoms with Crippen molar-refractivity contribution < 1.29 is 76.1 Å². The Bertz CT molecular complexity index is 2000. The number of nitrogens with zero attached hydrogens (tertiary/aromatic N) is 2. The maximum Gasteiger partial charge on any atom is 0.573 e. The second-order valence-corrected chi connectivity index (χ2v) is 15.8. The van der Waals surface area contributed by atoms with Crippen molar-refractivity contribution in [3.05, 3.63) is 89.2 Å². The molecule has 9 nitrogen and oxygen atoms in total. The van der Waals surface area contributed by atoms with Gasteiger partial charge in [0, 0.05) is 56.1 Å². The Morgan fingerprint density at radius 2 is 1.37 bits per heavy atom. The number of alkyl halides is 9. The molecule has 2 unspecified atom stereocenters. The van der Waals surface area contributed by atoms with Gasteiger partial charge in [-0.05, 0) is 67.3 Å². The summed E-state index contributed by atoms with van der Waals surface area (Å²) in [4.78, 5) is 28.1. The molecule has 2 heterocycles. The number of halogens is 10. The monoisotopic (exact) mass is 842 g/mol. The average Bonchev–Trinajstić information content (AvgIpc) is 3.13. The van der Waals surface area contributed by atoms with E-state index in [9.17, 15) is 61.9 Å². The Balaban J connectivity index is 1.52. The van der Waals surface area contributed by atoms with E-state index < -0.39 is 86.3 Å². The first-order chi connectivity index (χ1) is 26.5. The lowest BCUT2D eigenvalue weighted by atomic mass is 9.85. The highest BCUT2D eigenvalue weighted by Gasteiger charge is 2.73. The van der Waals surface area contributed by atoms with Gasteiger partial charge < -0.3 is 24.0 Å². The van der Waals surface area contributed by atoms with E-state index >= 15 is 0 Å². The van der Waals surface area contributed by atoms with Gasteiger partial charge in [0.2, 0.25) is 11.8 Å². The van der Waals surface area contributed by atoms with Crippen molar-refractivity contribution in [2.45, 2.75) is 73.2 Å². The van der Waals surface area contributed by atoms with E-state index in [2.05, 4.69) is 9.47 Å². The molecule has 57 heavy (non-hydrogen) atoms. The third kappa shape index (κ3) is 9.26. The van der Waals surface area contributed by atoms with Crippen LogP contribution in [0, 0.1) is 11.7 Å². The average molecular weight is 843 g/mol. The number of methoxy groups -OCH3 is 1. The topological polar surface area (TPSA) is 102 Å². The first-order valence-corrected chi connectivity index (χ1v) is 18.9. The van der Waals surface area contributed by atoms with E-state index in [1.54, 1.807) is 4.90 Å². The predicted octanol–water partition coefficient (Wildman–Crippen LogP) is 7.69. The molecule has 312 valence electrons. The van der Waals surface area contributed by atoms with Gasteiger partial charge in [0.05, 0.1) is 23.9 Å². The third-order valence-corrected chi connectivity index (χ3v) is 12.5. The summed E-state index contributed by atoms with van der Waals surface area (Å²) < 4.78 is 182. The number of hydrogen-bond donors (Lipinski definition) is 0. The zero-order valence-corrected chi connectivity index (χ0v) is 31.0. The van der Waals surface area contributed by atoms with Gasteiger partial charge in [-0.15, -0.1) is 13.2 Å². The summed E-state index contributed by atoms with van der Waals surface area (Å²) in [5, 5.41) is -1.36. The molecule has 2 amide bonds. The molecule has 0 N–H and O–H groups in total. The minimum atomic E-state index is -6.22. The lowest BCUT2D eigenvalue weighted by molar-refractivity contribution is -0.392. The molecule has 3 aromatic rings. The second kappa shape index (κ2) is 16.3. The van der Waals surface area contributed by atoms with Crippen molar-refractivity contribution in [3.8, 4) is 11.5 Å². The van der Waals surface area contributed by atoms with Crippen LogP contribution in [0.1, 0.15) is 48.8 Å². The van der Waals surface area contributed by atoms with Crippen LogP contribution in [0.25, 0.3) is 0 Å². The quantitative estimate of drug-likeness (QED) is 0.153. The van der Waals surface area contributed by atoms with Gasteiger partial charge >= 0.3 is 18.7 Å². The number of piperidine rings is 2. The molecule has 0 radical (unpaired) electrons. The van der Waals surface area contributed by atoms with Crippen LogP contribution in [-0.4, -0.2) is 87.3 Å². The van der Waals surface area contributed by atoms with Crippen LogP contribution >= 0.6 is 0 Å². The molecule has 2 aliphatic rings. The van der Waals surface area contributed by atoms with Gasteiger partial charge in [-0.1, -0.05) is 24.3 Å². The number of amides is 2. The Hall–Kier alpha value is -4.59. The van der Waals surface area contributed by atoms with Gasteiger partial charge in [-0.25, -0.2) is 12.8 Å². The molecule has 0 spiro atoms. The van der Waals surface area contributed by atoms with Crippen molar-refractivity contribution in [2.24, 2.45) is 5.92 Å². The van der Waals surface area contributed by atoms with Crippen LogP contribution in [0.15, 0.2) is 71.6 Å². The SMILES string of the molecule is COc1ccc(OC(F)(F)F)cc1COC(c1ccc(C2CN(C(=O)C3CCN(C(C)=O)CC3)CCC2S(=O)(=O)c2ccc(F)cc2)cc1)(C(F)(F)F)C(F)(F)F. The summed E-state index contributed by atoms with van der Waals surface area (Å²) in [6.07, 6.45) is -17.3. The molecule has 3 aromatic carbocycles. The Morgan fingerprint density at radius 1 is 0.789 bits per heavy atom. The highest BCUT2D eigenvalue weighted by Crippen LogP contribution is 2.54. The Morgan fingerprint density at radius 3 is 1.89 bits per heavy atom. The molecule has 2 atom stereocenters. The van der Waals surface area contributed by atoms with Crippen LogP contribution in [0.4, 0.5) is 43.9 Å². The summed E-state index contributed by atoms with van der Waals surface area (Å²) in [6, 6.07) is 8.56. The smallest absolute Gasteiger partial charge is 0.496 e. The standard InChI is InChI=1S/C37H36F10N2O7S/c1-22(50)48-16-13-24(14-17-48)33(51)49-18-15-32(57(52,53)29-10-7-27(38)8-11-29)30(20-49)23-3-5-26(6-4-23)34(35(39,40)41,36(42,43)44)55-21-25-19-28(56-37(45,46)47)9-12-31(25)54-2/h3-12,19,24,30,32H,13-18,20-21H2,1-2H3. The predicted molar refractivity (Wildman–Crippen MR) is 181 cm³/mol. The fourth-order valence-electron chi connectivity index (χ4n) is 7.27. The first-order valence-electron chi connectivity index (χ1n) is 17.3. The number of carbonyl (C=O) groups excluding carboxylic acids is 2. The molecule has 0 saturated carbocycles. The molecular weight excluding hydrogens is 806 g/mol. The largest absolute Gasteiger partial charge is 0.573 e. The summed E-state index contributed by atoms with van der Waals surface area (Å²) in [6.45, 7) is 0.0520. The fourth-order valence-corrected chi connectivity index (χ4v) is 9.23. The number of carbonyl (C=O) groups is 2. The summed E-state index contributed by atoms with van der Waals surface area (Å²) in [5.74, 6) is -4.39. The molecule has 20 heteroatoms. The van der Waals surface area contributed by atoms with Crippen molar-refractivity contribution in [1.29, 1.82) is 0 Å². The van der Waals surface area contributed by atoms with E-state index in [4.69, 9.17) is 4.74 Å². The summed E-state index contributed by atoms with van der Waals surface area (Å²) in [7, 11) is -3.36. The fraction of sp³-hybridized carbons (Fsp3) is 0.459. The Labute approximate surface area is 320 Å². The highest BCUT2D eigenvalue weighted by atomic mass is 32.2. The maximum absolute atomic E-state index is 14.8. The van der Waals surface area contributed by atoms with Crippen LogP contribution in [0.2, 0.25) is 0 Å². The first kappa shape index (κ1) is 43.5. The number of ether oxygens (including phenoxy) is 3. The molecule has 2 saturated heterocycles. The molecule has 2 aliphatic heterocycles. The molecular formula is C37H36F10N2O7S. The van der Waals surface area contributed by atoms with Crippen molar-refractivity contribution >= 4 is 21.7 Å². The van der Waals surface area contributed by atoms with Gasteiger partial charge in [-0.3, -0.25) is 9.59 Å². The normalized spacial score (nSPS) is 19.0. The number of likely N-dealkylation sites (tertiary alicyclic amines) is 2. The Kier molecular flexibility index (Phi) is 12.5. The van der Waals surface area contributed by atoms with Crippen molar-refractivity contribution in [2.75, 3.05) is 33.3 Å².